The predicted octanol–water partition coefficient (Wildman–Crippen LogP) is 2.33. The van der Waals surface area contributed by atoms with E-state index in [0.29, 0.717) is 5.41 Å². The summed E-state index contributed by atoms with van der Waals surface area (Å²) in [6.07, 6.45) is 4.18. The Balaban J connectivity index is 1.89. The summed E-state index contributed by atoms with van der Waals surface area (Å²) < 4.78 is 0. The van der Waals surface area contributed by atoms with Gasteiger partial charge in [0.05, 0.1) is 0 Å². The first-order valence-electron chi connectivity index (χ1n) is 5.68. The number of benzene rings is 1. The van der Waals surface area contributed by atoms with E-state index in [9.17, 15) is 0 Å². The molecule has 2 aliphatic rings. The van der Waals surface area contributed by atoms with Crippen LogP contribution in [-0.2, 0) is 5.41 Å². The van der Waals surface area contributed by atoms with Gasteiger partial charge in [0, 0.05) is 0 Å². The van der Waals surface area contributed by atoms with Gasteiger partial charge in [0.1, 0.15) is 0 Å². The Kier molecular flexibility index (Phi) is 1.88. The van der Waals surface area contributed by atoms with E-state index in [-0.39, 0.29) is 0 Å². The Labute approximate surface area is 85.5 Å². The Hall–Kier alpha value is -0.820. The molecule has 1 saturated carbocycles. The smallest absolute Gasteiger partial charge is 0.000556 e. The summed E-state index contributed by atoms with van der Waals surface area (Å²) in [5.41, 5.74) is 2.14. The van der Waals surface area contributed by atoms with Crippen molar-refractivity contribution in [2.45, 2.75) is 24.7 Å². The molecule has 0 spiro atoms. The fourth-order valence-electron chi connectivity index (χ4n) is 2.96. The van der Waals surface area contributed by atoms with Crippen LogP contribution in [0.5, 0.6) is 0 Å². The second-order valence-electron chi connectivity index (χ2n) is 4.71. The van der Waals surface area contributed by atoms with E-state index < -0.39 is 0 Å². The third-order valence-electron chi connectivity index (χ3n) is 3.98. The van der Waals surface area contributed by atoms with Gasteiger partial charge in [-0.3, -0.25) is 0 Å². The molecule has 0 bridgehead atoms. The number of hydrogen-bond acceptors (Lipinski definition) is 1. The first-order valence-corrected chi connectivity index (χ1v) is 5.68. The molecule has 1 aromatic rings. The van der Waals surface area contributed by atoms with E-state index in [1.807, 2.05) is 0 Å². The van der Waals surface area contributed by atoms with Crippen LogP contribution in [0.25, 0.3) is 0 Å². The van der Waals surface area contributed by atoms with Gasteiger partial charge in [0.2, 0.25) is 0 Å². The zero-order valence-corrected chi connectivity index (χ0v) is 8.50. The Morgan fingerprint density at radius 2 is 1.93 bits per heavy atom. The molecule has 0 radical (unpaired) electrons. The molecule has 1 heterocycles. The zero-order chi connectivity index (χ0) is 9.43. The minimum absolute atomic E-state index is 0.560. The van der Waals surface area contributed by atoms with Crippen molar-refractivity contribution in [1.29, 1.82) is 0 Å². The summed E-state index contributed by atoms with van der Waals surface area (Å²) in [5, 5.41) is 3.49. The molecular formula is C13H17N. The minimum atomic E-state index is 0.560. The molecular weight excluding hydrogens is 170 g/mol. The number of rotatable bonds is 2. The maximum atomic E-state index is 3.49. The Morgan fingerprint density at radius 1 is 1.14 bits per heavy atom. The summed E-state index contributed by atoms with van der Waals surface area (Å²) in [7, 11) is 0. The maximum Gasteiger partial charge on any atom is -0.000556 e. The molecule has 0 amide bonds. The lowest BCUT2D eigenvalue weighted by atomic mass is 9.82. The van der Waals surface area contributed by atoms with Crippen LogP contribution in [-0.4, -0.2) is 13.1 Å². The van der Waals surface area contributed by atoms with Gasteiger partial charge in [-0.25, -0.2) is 0 Å². The van der Waals surface area contributed by atoms with Gasteiger partial charge in [-0.15, -0.1) is 0 Å². The van der Waals surface area contributed by atoms with E-state index in [2.05, 4.69) is 35.6 Å². The van der Waals surface area contributed by atoms with Crippen molar-refractivity contribution < 1.29 is 0 Å². The fourth-order valence-corrected chi connectivity index (χ4v) is 2.96. The van der Waals surface area contributed by atoms with Crippen LogP contribution in [0.15, 0.2) is 30.3 Å². The zero-order valence-electron chi connectivity index (χ0n) is 8.50. The fraction of sp³-hybridized carbons (Fsp3) is 0.538. The molecule has 3 rings (SSSR count). The van der Waals surface area contributed by atoms with Crippen LogP contribution in [0.4, 0.5) is 0 Å². The molecule has 1 aliphatic heterocycles. The van der Waals surface area contributed by atoms with Gasteiger partial charge in [-0.1, -0.05) is 30.3 Å². The van der Waals surface area contributed by atoms with E-state index in [4.69, 9.17) is 0 Å². The lowest BCUT2D eigenvalue weighted by Crippen LogP contribution is -2.22. The average Bonchev–Trinajstić information content (AvgIpc) is 2.88. The molecule has 1 aliphatic carbocycles. The van der Waals surface area contributed by atoms with Crippen LogP contribution in [0.3, 0.4) is 0 Å². The standard InChI is InChI=1S/C13H17N/c1-2-4-11(5-3-1)13(7-8-13)12-6-9-14-10-12/h1-5,12,14H,6-10H2. The molecule has 1 unspecified atom stereocenters. The number of hydrogen-bond donors (Lipinski definition) is 1. The van der Waals surface area contributed by atoms with Gasteiger partial charge < -0.3 is 5.32 Å². The van der Waals surface area contributed by atoms with Crippen LogP contribution in [0.1, 0.15) is 24.8 Å². The number of nitrogens with one attached hydrogen (secondary N) is 1. The third-order valence-corrected chi connectivity index (χ3v) is 3.98. The van der Waals surface area contributed by atoms with Crippen molar-refractivity contribution in [2.75, 3.05) is 13.1 Å². The highest BCUT2D eigenvalue weighted by molar-refractivity contribution is 5.32. The largest absolute Gasteiger partial charge is 0.316 e. The average molecular weight is 187 g/mol. The normalized spacial score (nSPS) is 29.0. The summed E-state index contributed by atoms with van der Waals surface area (Å²) in [5.74, 6) is 0.893. The maximum absolute atomic E-state index is 3.49. The van der Waals surface area contributed by atoms with Crippen molar-refractivity contribution >= 4 is 0 Å². The monoisotopic (exact) mass is 187 g/mol. The lowest BCUT2D eigenvalue weighted by Gasteiger charge is -2.22. The highest BCUT2D eigenvalue weighted by Crippen LogP contribution is 2.55. The van der Waals surface area contributed by atoms with Crippen molar-refractivity contribution in [3.05, 3.63) is 35.9 Å². The first kappa shape index (κ1) is 8.49. The van der Waals surface area contributed by atoms with Crippen LogP contribution >= 0.6 is 0 Å². The van der Waals surface area contributed by atoms with Crippen molar-refractivity contribution in [2.24, 2.45) is 5.92 Å². The molecule has 0 aromatic heterocycles. The van der Waals surface area contributed by atoms with Gasteiger partial charge in [-0.05, 0) is 49.2 Å². The topological polar surface area (TPSA) is 12.0 Å². The summed E-state index contributed by atoms with van der Waals surface area (Å²) in [6.45, 7) is 2.45. The van der Waals surface area contributed by atoms with Gasteiger partial charge in [0.15, 0.2) is 0 Å². The second-order valence-corrected chi connectivity index (χ2v) is 4.71. The van der Waals surface area contributed by atoms with E-state index in [0.717, 1.165) is 5.92 Å². The van der Waals surface area contributed by atoms with E-state index >= 15 is 0 Å². The minimum Gasteiger partial charge on any atom is -0.316 e. The quantitative estimate of drug-likeness (QED) is 0.749. The Morgan fingerprint density at radius 3 is 2.50 bits per heavy atom. The van der Waals surface area contributed by atoms with Crippen LogP contribution < -0.4 is 5.32 Å². The van der Waals surface area contributed by atoms with Gasteiger partial charge >= 0.3 is 0 Å². The molecule has 1 nitrogen and oxygen atoms in total. The molecule has 2 fully saturated rings. The molecule has 14 heavy (non-hydrogen) atoms. The summed E-state index contributed by atoms with van der Waals surface area (Å²) >= 11 is 0. The van der Waals surface area contributed by atoms with Crippen molar-refractivity contribution in [3.63, 3.8) is 0 Å². The summed E-state index contributed by atoms with van der Waals surface area (Å²) in [6, 6.07) is 11.1. The van der Waals surface area contributed by atoms with Crippen molar-refractivity contribution in [3.8, 4) is 0 Å². The van der Waals surface area contributed by atoms with Gasteiger partial charge in [0.25, 0.3) is 0 Å². The summed E-state index contributed by atoms with van der Waals surface area (Å²) in [4.78, 5) is 0. The van der Waals surface area contributed by atoms with Crippen molar-refractivity contribution in [1.82, 2.24) is 5.32 Å². The molecule has 1 atom stereocenters. The van der Waals surface area contributed by atoms with E-state index in [1.54, 1.807) is 5.56 Å². The third kappa shape index (κ3) is 1.19. The SMILES string of the molecule is c1ccc(C2(C3CCNC3)CC2)cc1. The van der Waals surface area contributed by atoms with Gasteiger partial charge in [-0.2, -0.15) is 0 Å². The molecule has 1 heteroatoms. The highest BCUT2D eigenvalue weighted by Gasteiger charge is 2.50. The highest BCUT2D eigenvalue weighted by atomic mass is 14.9. The predicted molar refractivity (Wildman–Crippen MR) is 58.3 cm³/mol. The van der Waals surface area contributed by atoms with E-state index in [1.165, 1.54) is 32.4 Å². The first-order chi connectivity index (χ1) is 6.92. The molecule has 74 valence electrons. The van der Waals surface area contributed by atoms with Crippen LogP contribution in [0, 0.1) is 5.92 Å². The Bertz CT molecular complexity index is 307. The molecule has 1 saturated heterocycles. The molecule has 1 aromatic carbocycles. The van der Waals surface area contributed by atoms with Crippen LogP contribution in [0.2, 0.25) is 0 Å². The molecule has 1 N–H and O–H groups in total. The second kappa shape index (κ2) is 3.09. The lowest BCUT2D eigenvalue weighted by molar-refractivity contribution is 0.440.